The highest BCUT2D eigenvalue weighted by Gasteiger charge is 2.25. The molecule has 2 aliphatic rings. The van der Waals surface area contributed by atoms with E-state index in [1.165, 1.54) is 48.0 Å². The number of nitrogens with zero attached hydrogens (tertiary/aromatic N) is 2. The number of rotatable bonds is 1. The van der Waals surface area contributed by atoms with Crippen molar-refractivity contribution in [1.29, 1.82) is 0 Å². The third-order valence-corrected chi connectivity index (χ3v) is 4.36. The Morgan fingerprint density at radius 2 is 2.07 bits per heavy atom. The molecule has 0 bridgehead atoms. The maximum Gasteiger partial charge on any atom is 0.107 e. The van der Waals surface area contributed by atoms with E-state index in [0.717, 1.165) is 13.1 Å². The zero-order chi connectivity index (χ0) is 10.3. The largest absolute Gasteiger partial charge is 0.317 e. The van der Waals surface area contributed by atoms with Crippen molar-refractivity contribution < 1.29 is 0 Å². The van der Waals surface area contributed by atoms with Crippen LogP contribution in [0, 0.1) is 0 Å². The van der Waals surface area contributed by atoms with Crippen molar-refractivity contribution in [2.45, 2.75) is 38.1 Å². The molecular weight excluding hydrogens is 254 g/mol. The van der Waals surface area contributed by atoms with Crippen molar-refractivity contribution in [3.05, 3.63) is 15.9 Å². The van der Waals surface area contributed by atoms with E-state index in [4.69, 9.17) is 5.10 Å². The van der Waals surface area contributed by atoms with Gasteiger partial charge in [-0.15, -0.1) is 0 Å². The molecule has 0 spiro atoms. The van der Waals surface area contributed by atoms with E-state index >= 15 is 0 Å². The van der Waals surface area contributed by atoms with Crippen LogP contribution in [0.2, 0.25) is 0 Å². The van der Waals surface area contributed by atoms with Gasteiger partial charge in [0.2, 0.25) is 0 Å². The second kappa shape index (κ2) is 3.91. The summed E-state index contributed by atoms with van der Waals surface area (Å²) < 4.78 is 3.48. The second-order valence-electron chi connectivity index (χ2n) is 4.50. The van der Waals surface area contributed by atoms with Crippen LogP contribution in [0.1, 0.15) is 36.6 Å². The molecule has 82 valence electrons. The number of fused-ring (bicyclic) bond motifs is 1. The molecule has 3 rings (SSSR count). The molecule has 1 fully saturated rings. The molecule has 1 aliphatic carbocycles. The predicted molar refractivity (Wildman–Crippen MR) is 63.1 cm³/mol. The van der Waals surface area contributed by atoms with Crippen LogP contribution in [0.15, 0.2) is 4.60 Å². The summed E-state index contributed by atoms with van der Waals surface area (Å²) in [5.74, 6) is 0. The highest BCUT2D eigenvalue weighted by Crippen LogP contribution is 2.32. The average Bonchev–Trinajstić information content (AvgIpc) is 2.83. The third kappa shape index (κ3) is 1.64. The summed E-state index contributed by atoms with van der Waals surface area (Å²) in [4.78, 5) is 0. The fourth-order valence-corrected chi connectivity index (χ4v) is 3.46. The van der Waals surface area contributed by atoms with Gasteiger partial charge >= 0.3 is 0 Å². The van der Waals surface area contributed by atoms with Gasteiger partial charge in [-0.3, -0.25) is 4.68 Å². The first-order valence-electron chi connectivity index (χ1n) is 5.83. The van der Waals surface area contributed by atoms with Gasteiger partial charge in [-0.05, 0) is 61.1 Å². The van der Waals surface area contributed by atoms with Gasteiger partial charge in [0.25, 0.3) is 0 Å². The van der Waals surface area contributed by atoms with Crippen LogP contribution in [0.25, 0.3) is 0 Å². The zero-order valence-electron chi connectivity index (χ0n) is 8.80. The van der Waals surface area contributed by atoms with E-state index in [1.807, 2.05) is 0 Å². The molecule has 1 aromatic heterocycles. The van der Waals surface area contributed by atoms with Crippen LogP contribution in [-0.4, -0.2) is 22.9 Å². The Kier molecular flexibility index (Phi) is 2.56. The molecule has 1 aliphatic heterocycles. The van der Waals surface area contributed by atoms with Gasteiger partial charge in [0.15, 0.2) is 0 Å². The number of nitrogens with one attached hydrogen (secondary N) is 1. The summed E-state index contributed by atoms with van der Waals surface area (Å²) in [5, 5.41) is 8.15. The summed E-state index contributed by atoms with van der Waals surface area (Å²) >= 11 is 3.72. The fourth-order valence-electron chi connectivity index (χ4n) is 2.67. The molecule has 1 saturated heterocycles. The summed E-state index contributed by atoms with van der Waals surface area (Å²) in [7, 11) is 0. The van der Waals surface area contributed by atoms with E-state index in [0.29, 0.717) is 6.04 Å². The van der Waals surface area contributed by atoms with Crippen molar-refractivity contribution in [3.8, 4) is 0 Å². The summed E-state index contributed by atoms with van der Waals surface area (Å²) in [6.45, 7) is 2.25. The predicted octanol–water partition coefficient (Wildman–Crippen LogP) is 2.06. The van der Waals surface area contributed by atoms with Crippen molar-refractivity contribution in [2.75, 3.05) is 13.1 Å². The van der Waals surface area contributed by atoms with E-state index in [2.05, 4.69) is 25.9 Å². The zero-order valence-corrected chi connectivity index (χ0v) is 10.4. The lowest BCUT2D eigenvalue weighted by Crippen LogP contribution is -2.30. The molecule has 0 aromatic carbocycles. The van der Waals surface area contributed by atoms with E-state index in [9.17, 15) is 0 Å². The summed E-state index contributed by atoms with van der Waals surface area (Å²) in [6, 6.07) is 0.603. The van der Waals surface area contributed by atoms with Crippen LogP contribution >= 0.6 is 15.9 Å². The first-order valence-corrected chi connectivity index (χ1v) is 6.62. The fraction of sp³-hybridized carbons (Fsp3) is 0.727. The van der Waals surface area contributed by atoms with E-state index < -0.39 is 0 Å². The van der Waals surface area contributed by atoms with Gasteiger partial charge in [-0.25, -0.2) is 0 Å². The van der Waals surface area contributed by atoms with Crippen LogP contribution in [0.3, 0.4) is 0 Å². The highest BCUT2D eigenvalue weighted by molar-refractivity contribution is 9.10. The molecule has 0 amide bonds. The maximum absolute atomic E-state index is 4.76. The monoisotopic (exact) mass is 269 g/mol. The number of hydrogen-bond donors (Lipinski definition) is 1. The highest BCUT2D eigenvalue weighted by atomic mass is 79.9. The van der Waals surface area contributed by atoms with Crippen molar-refractivity contribution in [1.82, 2.24) is 15.1 Å². The summed E-state index contributed by atoms with van der Waals surface area (Å²) in [5.41, 5.74) is 2.80. The first-order chi connectivity index (χ1) is 7.36. The van der Waals surface area contributed by atoms with Gasteiger partial charge in [-0.1, -0.05) is 0 Å². The Hall–Kier alpha value is -0.350. The Morgan fingerprint density at radius 3 is 2.80 bits per heavy atom. The number of aryl methyl sites for hydroxylation is 1. The SMILES string of the molecule is Brc1c2c(nn1C1CCNCC1)CCC2. The van der Waals surface area contributed by atoms with E-state index in [1.54, 1.807) is 0 Å². The minimum atomic E-state index is 0.603. The van der Waals surface area contributed by atoms with Gasteiger partial charge in [0, 0.05) is 5.56 Å². The van der Waals surface area contributed by atoms with Crippen LogP contribution in [-0.2, 0) is 12.8 Å². The minimum absolute atomic E-state index is 0.603. The van der Waals surface area contributed by atoms with Crippen LogP contribution in [0.4, 0.5) is 0 Å². The first kappa shape index (κ1) is 9.85. The molecular formula is C11H16BrN3. The van der Waals surface area contributed by atoms with Crippen molar-refractivity contribution in [2.24, 2.45) is 0 Å². The average molecular weight is 270 g/mol. The molecule has 3 nitrogen and oxygen atoms in total. The van der Waals surface area contributed by atoms with Crippen LogP contribution < -0.4 is 5.32 Å². The van der Waals surface area contributed by atoms with Crippen molar-refractivity contribution in [3.63, 3.8) is 0 Å². The Bertz CT molecular complexity index is 366. The van der Waals surface area contributed by atoms with Gasteiger partial charge in [-0.2, -0.15) is 5.10 Å². The quantitative estimate of drug-likeness (QED) is 0.846. The minimum Gasteiger partial charge on any atom is -0.317 e. The lowest BCUT2D eigenvalue weighted by molar-refractivity contribution is 0.336. The van der Waals surface area contributed by atoms with E-state index in [-0.39, 0.29) is 0 Å². The molecule has 0 atom stereocenters. The molecule has 1 N–H and O–H groups in total. The second-order valence-corrected chi connectivity index (χ2v) is 5.25. The Balaban J connectivity index is 1.91. The molecule has 2 heterocycles. The molecule has 15 heavy (non-hydrogen) atoms. The normalized spacial score (nSPS) is 21.9. The Morgan fingerprint density at radius 1 is 1.27 bits per heavy atom. The molecule has 4 heteroatoms. The molecule has 0 saturated carbocycles. The third-order valence-electron chi connectivity index (χ3n) is 3.52. The topological polar surface area (TPSA) is 29.9 Å². The number of aromatic nitrogens is 2. The standard InChI is InChI=1S/C11H16BrN3/c12-11-9-2-1-3-10(9)14-15(11)8-4-6-13-7-5-8/h8,13H,1-7H2. The van der Waals surface area contributed by atoms with Crippen LogP contribution in [0.5, 0.6) is 0 Å². The number of hydrogen-bond acceptors (Lipinski definition) is 2. The molecule has 0 radical (unpaired) electrons. The summed E-state index contributed by atoms with van der Waals surface area (Å²) in [6.07, 6.45) is 6.08. The number of piperidine rings is 1. The molecule has 1 aromatic rings. The lowest BCUT2D eigenvalue weighted by Gasteiger charge is -2.23. The number of halogens is 1. The van der Waals surface area contributed by atoms with Gasteiger partial charge in [0.1, 0.15) is 4.60 Å². The van der Waals surface area contributed by atoms with Gasteiger partial charge < -0.3 is 5.32 Å². The Labute approximate surface area is 98.4 Å². The van der Waals surface area contributed by atoms with Gasteiger partial charge in [0.05, 0.1) is 11.7 Å². The lowest BCUT2D eigenvalue weighted by atomic mass is 10.1. The van der Waals surface area contributed by atoms with Crippen molar-refractivity contribution >= 4 is 15.9 Å². The smallest absolute Gasteiger partial charge is 0.107 e. The molecule has 0 unspecified atom stereocenters. The maximum atomic E-state index is 4.76.